The lowest BCUT2D eigenvalue weighted by Crippen LogP contribution is -2.58. The third kappa shape index (κ3) is 9.70. The number of carbonyl (C=O) groups excluding carboxylic acids is 3. The second kappa shape index (κ2) is 14.5. The van der Waals surface area contributed by atoms with Crippen molar-refractivity contribution in [3.05, 3.63) is 0 Å². The average molecular weight is 453 g/mol. The van der Waals surface area contributed by atoms with Gasteiger partial charge in [-0.3, -0.25) is 14.4 Å². The number of rotatable bonds is 14. The van der Waals surface area contributed by atoms with Gasteiger partial charge in [0.05, 0.1) is 12.6 Å². The second-order valence-electron chi connectivity index (χ2n) is 6.58. The minimum absolute atomic E-state index is 0.0792. The summed E-state index contributed by atoms with van der Waals surface area (Å²) in [6.07, 6.45) is 2.83. The van der Waals surface area contributed by atoms with Crippen LogP contribution >= 0.6 is 24.4 Å². The van der Waals surface area contributed by atoms with Gasteiger partial charge in [-0.15, -0.1) is 0 Å². The molecule has 0 saturated carbocycles. The van der Waals surface area contributed by atoms with E-state index in [0.717, 1.165) is 0 Å². The molecular weight excluding hydrogens is 420 g/mol. The predicted molar refractivity (Wildman–Crippen MR) is 115 cm³/mol. The molecule has 0 aliphatic rings. The van der Waals surface area contributed by atoms with E-state index in [9.17, 15) is 24.3 Å². The van der Waals surface area contributed by atoms with Gasteiger partial charge in [-0.1, -0.05) is 20.3 Å². The van der Waals surface area contributed by atoms with Crippen LogP contribution in [0.1, 0.15) is 26.7 Å². The number of carboxylic acids is 1. The molecule has 0 fully saturated rings. The molecule has 29 heavy (non-hydrogen) atoms. The summed E-state index contributed by atoms with van der Waals surface area (Å²) in [7, 11) is 0. The lowest BCUT2D eigenvalue weighted by molar-refractivity contribution is -0.142. The normalized spacial score (nSPS) is 16.1. The molecule has 0 aliphatic carbocycles. The van der Waals surface area contributed by atoms with Crippen molar-refractivity contribution in [1.29, 1.82) is 0 Å². The number of amides is 3. The molecule has 5 unspecified atom stereocenters. The van der Waals surface area contributed by atoms with Crippen LogP contribution in [0.4, 0.5) is 0 Å². The molecule has 0 aromatic heterocycles. The topological polar surface area (TPSA) is 171 Å². The fourth-order valence-corrected chi connectivity index (χ4v) is 2.93. The minimum Gasteiger partial charge on any atom is -0.480 e. The molecule has 0 aromatic carbocycles. The Bertz CT molecular complexity index is 566. The van der Waals surface area contributed by atoms with Crippen molar-refractivity contribution in [1.82, 2.24) is 16.0 Å². The van der Waals surface area contributed by atoms with E-state index in [-0.39, 0.29) is 11.7 Å². The number of hydrogen-bond donors (Lipinski definition) is 7. The Labute approximate surface area is 180 Å². The zero-order chi connectivity index (χ0) is 22.6. The molecule has 0 aliphatic heterocycles. The Balaban J connectivity index is 5.15. The van der Waals surface area contributed by atoms with E-state index in [4.69, 9.17) is 10.8 Å². The maximum absolute atomic E-state index is 12.6. The summed E-state index contributed by atoms with van der Waals surface area (Å²) in [5.41, 5.74) is 5.91. The van der Waals surface area contributed by atoms with Gasteiger partial charge in [-0.25, -0.2) is 4.79 Å². The Morgan fingerprint density at radius 1 is 1.03 bits per heavy atom. The molecule has 10 nitrogen and oxygen atoms in total. The highest BCUT2D eigenvalue weighted by molar-refractivity contribution is 7.98. The molecule has 5 atom stereocenters. The predicted octanol–water partition coefficient (Wildman–Crippen LogP) is -1.43. The van der Waals surface area contributed by atoms with Crippen molar-refractivity contribution in [3.8, 4) is 0 Å². The first-order chi connectivity index (χ1) is 13.6. The monoisotopic (exact) mass is 452 g/mol. The number of nitrogens with one attached hydrogen (secondary N) is 3. The molecule has 0 aromatic rings. The van der Waals surface area contributed by atoms with E-state index in [0.29, 0.717) is 18.6 Å². The van der Waals surface area contributed by atoms with Crippen molar-refractivity contribution in [2.24, 2.45) is 11.7 Å². The van der Waals surface area contributed by atoms with Crippen molar-refractivity contribution >= 4 is 48.1 Å². The van der Waals surface area contributed by atoms with E-state index in [1.165, 1.54) is 11.8 Å². The molecule has 0 heterocycles. The maximum Gasteiger partial charge on any atom is 0.327 e. The van der Waals surface area contributed by atoms with Crippen LogP contribution in [-0.4, -0.2) is 82.4 Å². The molecular formula is C17H32N4O6S2. The van der Waals surface area contributed by atoms with Crippen LogP contribution in [0.3, 0.4) is 0 Å². The zero-order valence-corrected chi connectivity index (χ0v) is 18.6. The molecule has 0 rings (SSSR count). The number of carbonyl (C=O) groups is 4. The molecule has 7 N–H and O–H groups in total. The molecule has 12 heteroatoms. The first kappa shape index (κ1) is 27.5. The Morgan fingerprint density at radius 3 is 2.00 bits per heavy atom. The molecule has 0 saturated heterocycles. The summed E-state index contributed by atoms with van der Waals surface area (Å²) in [6, 6.07) is -4.38. The summed E-state index contributed by atoms with van der Waals surface area (Å²) in [6.45, 7) is 2.98. The summed E-state index contributed by atoms with van der Waals surface area (Å²) in [5.74, 6) is -2.98. The third-order valence-corrected chi connectivity index (χ3v) is 5.43. The molecule has 0 bridgehead atoms. The van der Waals surface area contributed by atoms with Gasteiger partial charge in [-0.2, -0.15) is 24.4 Å². The van der Waals surface area contributed by atoms with Crippen LogP contribution < -0.4 is 21.7 Å². The second-order valence-corrected chi connectivity index (χ2v) is 7.93. The van der Waals surface area contributed by atoms with Gasteiger partial charge in [-0.05, 0) is 24.3 Å². The fourth-order valence-electron chi connectivity index (χ4n) is 2.21. The number of nitrogens with two attached hydrogens (primary N) is 1. The SMILES string of the molecule is CCC(C)C(N)C(=O)NC(CCSC)C(=O)NC(CO)C(=O)NC(CS)C(=O)O. The van der Waals surface area contributed by atoms with Crippen LogP contribution in [0.5, 0.6) is 0 Å². The maximum atomic E-state index is 12.6. The lowest BCUT2D eigenvalue weighted by atomic mass is 9.99. The quantitative estimate of drug-likeness (QED) is 0.157. The summed E-state index contributed by atoms with van der Waals surface area (Å²) in [5, 5.41) is 25.6. The number of aliphatic carboxylic acids is 1. The number of carboxylic acid groups (broad SMARTS) is 1. The van der Waals surface area contributed by atoms with Gasteiger partial charge in [0.25, 0.3) is 0 Å². The highest BCUT2D eigenvalue weighted by Gasteiger charge is 2.30. The largest absolute Gasteiger partial charge is 0.480 e. The smallest absolute Gasteiger partial charge is 0.327 e. The van der Waals surface area contributed by atoms with Gasteiger partial charge in [0.1, 0.15) is 18.1 Å². The number of thioether (sulfide) groups is 1. The van der Waals surface area contributed by atoms with Gasteiger partial charge >= 0.3 is 5.97 Å². The minimum atomic E-state index is -1.37. The van der Waals surface area contributed by atoms with Crippen molar-refractivity contribution in [3.63, 3.8) is 0 Å². The molecule has 3 amide bonds. The van der Waals surface area contributed by atoms with Gasteiger partial charge in [0.2, 0.25) is 17.7 Å². The highest BCUT2D eigenvalue weighted by atomic mass is 32.2. The zero-order valence-electron chi connectivity index (χ0n) is 16.9. The van der Waals surface area contributed by atoms with Crippen LogP contribution in [0.25, 0.3) is 0 Å². The van der Waals surface area contributed by atoms with Gasteiger partial charge in [0.15, 0.2) is 0 Å². The highest BCUT2D eigenvalue weighted by Crippen LogP contribution is 2.07. The standard InChI is InChI=1S/C17H32N4O6S2/c1-4-9(2)13(18)16(25)19-10(5-6-29-3)14(23)20-11(7-22)15(24)21-12(8-28)17(26)27/h9-13,22,28H,4-8,18H2,1-3H3,(H,19,25)(H,20,23)(H,21,24)(H,26,27). The van der Waals surface area contributed by atoms with Crippen LogP contribution in [0.2, 0.25) is 0 Å². The number of hydrogen-bond acceptors (Lipinski definition) is 8. The summed E-state index contributed by atoms with van der Waals surface area (Å²) < 4.78 is 0. The molecule has 168 valence electrons. The Hall–Kier alpha value is -1.50. The van der Waals surface area contributed by atoms with Crippen LogP contribution in [-0.2, 0) is 19.2 Å². The van der Waals surface area contributed by atoms with E-state index < -0.39 is 54.5 Å². The fraction of sp³-hybridized carbons (Fsp3) is 0.765. The number of thiol groups is 1. The van der Waals surface area contributed by atoms with Gasteiger partial charge in [0, 0.05) is 5.75 Å². The average Bonchev–Trinajstić information content (AvgIpc) is 2.70. The Morgan fingerprint density at radius 2 is 1.55 bits per heavy atom. The Kier molecular flexibility index (Phi) is 13.7. The van der Waals surface area contributed by atoms with Gasteiger partial charge < -0.3 is 31.9 Å². The van der Waals surface area contributed by atoms with E-state index in [2.05, 4.69) is 28.6 Å². The first-order valence-electron chi connectivity index (χ1n) is 9.22. The van der Waals surface area contributed by atoms with E-state index in [1.54, 1.807) is 0 Å². The van der Waals surface area contributed by atoms with Crippen LogP contribution in [0.15, 0.2) is 0 Å². The van der Waals surface area contributed by atoms with Crippen molar-refractivity contribution in [2.75, 3.05) is 24.4 Å². The molecule has 0 spiro atoms. The summed E-state index contributed by atoms with van der Waals surface area (Å²) >= 11 is 5.32. The van der Waals surface area contributed by atoms with E-state index >= 15 is 0 Å². The molecule has 0 radical (unpaired) electrons. The van der Waals surface area contributed by atoms with E-state index in [1.807, 2.05) is 20.1 Å². The first-order valence-corrected chi connectivity index (χ1v) is 11.3. The van der Waals surface area contributed by atoms with Crippen molar-refractivity contribution in [2.45, 2.75) is 50.9 Å². The number of aliphatic hydroxyl groups excluding tert-OH is 1. The third-order valence-electron chi connectivity index (χ3n) is 4.42. The summed E-state index contributed by atoms with van der Waals surface area (Å²) in [4.78, 5) is 48.2. The van der Waals surface area contributed by atoms with Crippen LogP contribution in [0, 0.1) is 5.92 Å². The number of aliphatic hydroxyl groups is 1. The lowest BCUT2D eigenvalue weighted by Gasteiger charge is -2.25. The van der Waals surface area contributed by atoms with Crippen molar-refractivity contribution < 1.29 is 29.4 Å².